The first-order valence-electron chi connectivity index (χ1n) is 11.9. The summed E-state index contributed by atoms with van der Waals surface area (Å²) in [6.07, 6.45) is 11.6. The number of nitrogens with zero attached hydrogens (tertiary/aromatic N) is 5. The van der Waals surface area contributed by atoms with Crippen molar-refractivity contribution in [3.8, 4) is 22.5 Å². The Morgan fingerprint density at radius 2 is 1.22 bits per heavy atom. The van der Waals surface area contributed by atoms with E-state index in [1.807, 2.05) is 12.5 Å². The third kappa shape index (κ3) is 9.63. The highest BCUT2D eigenvalue weighted by molar-refractivity contribution is 7.98. The van der Waals surface area contributed by atoms with Gasteiger partial charge in [0.1, 0.15) is 0 Å². The van der Waals surface area contributed by atoms with E-state index in [-0.39, 0.29) is 5.91 Å². The van der Waals surface area contributed by atoms with Crippen molar-refractivity contribution in [2.24, 2.45) is 0 Å². The maximum absolute atomic E-state index is 13.0. The number of carbonyl (C=O) groups is 1. The summed E-state index contributed by atoms with van der Waals surface area (Å²) >= 11 is 2.91. The molecule has 0 atom stereocenters. The molecule has 0 saturated carbocycles. The summed E-state index contributed by atoms with van der Waals surface area (Å²) in [7, 11) is 0. The standard InChI is InChI=1S/C25H32N6O4S2/c1-4-6-33-8-10-35-11-9-34-7-5-26-23(32)18-12-21(19-14-27-24(36-2)28-15-19)31-22(13-18)20-16-29-25(37-3)30-17-20/h12-17H,4-11H2,1-3H3,(H,26,32). The van der Waals surface area contributed by atoms with E-state index in [0.29, 0.717) is 78.0 Å². The molecular formula is C25H32N6O4S2. The molecule has 0 spiro atoms. The van der Waals surface area contributed by atoms with Gasteiger partial charge in [-0.05, 0) is 31.1 Å². The van der Waals surface area contributed by atoms with Crippen LogP contribution >= 0.6 is 23.5 Å². The maximum atomic E-state index is 13.0. The zero-order valence-corrected chi connectivity index (χ0v) is 22.9. The van der Waals surface area contributed by atoms with E-state index in [1.54, 1.807) is 36.9 Å². The van der Waals surface area contributed by atoms with E-state index < -0.39 is 0 Å². The van der Waals surface area contributed by atoms with Gasteiger partial charge in [-0.3, -0.25) is 4.79 Å². The van der Waals surface area contributed by atoms with E-state index >= 15 is 0 Å². The molecule has 0 unspecified atom stereocenters. The molecular weight excluding hydrogens is 512 g/mol. The van der Waals surface area contributed by atoms with Crippen LogP contribution in [0.4, 0.5) is 0 Å². The summed E-state index contributed by atoms with van der Waals surface area (Å²) in [4.78, 5) is 35.0. The van der Waals surface area contributed by atoms with Crippen molar-refractivity contribution in [2.75, 3.05) is 58.7 Å². The first-order chi connectivity index (χ1) is 18.1. The van der Waals surface area contributed by atoms with Crippen LogP contribution < -0.4 is 5.32 Å². The van der Waals surface area contributed by atoms with Gasteiger partial charge < -0.3 is 19.5 Å². The Bertz CT molecular complexity index is 1040. The monoisotopic (exact) mass is 544 g/mol. The lowest BCUT2D eigenvalue weighted by Crippen LogP contribution is -2.28. The van der Waals surface area contributed by atoms with Crippen molar-refractivity contribution in [3.05, 3.63) is 42.5 Å². The summed E-state index contributed by atoms with van der Waals surface area (Å²) in [6, 6.07) is 3.45. The quantitative estimate of drug-likeness (QED) is 0.162. The first-order valence-corrected chi connectivity index (χ1v) is 14.4. The number of thioether (sulfide) groups is 2. The summed E-state index contributed by atoms with van der Waals surface area (Å²) < 4.78 is 16.4. The second-order valence-corrected chi connectivity index (χ2v) is 9.18. The lowest BCUT2D eigenvalue weighted by molar-refractivity contribution is 0.0152. The normalized spacial score (nSPS) is 11.0. The Kier molecular flexibility index (Phi) is 12.7. The lowest BCUT2D eigenvalue weighted by Gasteiger charge is -2.11. The molecule has 3 rings (SSSR count). The molecule has 37 heavy (non-hydrogen) atoms. The van der Waals surface area contributed by atoms with Gasteiger partial charge in [0.25, 0.3) is 5.91 Å². The molecule has 10 nitrogen and oxygen atoms in total. The fourth-order valence-electron chi connectivity index (χ4n) is 3.09. The summed E-state index contributed by atoms with van der Waals surface area (Å²) in [5.41, 5.74) is 3.04. The molecule has 198 valence electrons. The summed E-state index contributed by atoms with van der Waals surface area (Å²) in [5, 5.41) is 4.22. The zero-order chi connectivity index (χ0) is 26.3. The van der Waals surface area contributed by atoms with Gasteiger partial charge in [-0.25, -0.2) is 24.9 Å². The smallest absolute Gasteiger partial charge is 0.251 e. The molecule has 0 saturated heterocycles. The molecule has 3 aromatic rings. The Labute approximate surface area is 225 Å². The van der Waals surface area contributed by atoms with Crippen LogP contribution in [0.5, 0.6) is 0 Å². The number of ether oxygens (including phenoxy) is 3. The number of carbonyl (C=O) groups excluding carboxylic acids is 1. The van der Waals surface area contributed by atoms with E-state index in [9.17, 15) is 4.79 Å². The Balaban J connectivity index is 1.61. The fraction of sp³-hybridized carbons (Fsp3) is 0.440. The molecule has 0 aliphatic carbocycles. The third-order valence-electron chi connectivity index (χ3n) is 4.92. The Morgan fingerprint density at radius 1 is 0.757 bits per heavy atom. The number of pyridine rings is 1. The van der Waals surface area contributed by atoms with Crippen LogP contribution in [0.1, 0.15) is 23.7 Å². The summed E-state index contributed by atoms with van der Waals surface area (Å²) in [6.45, 7) is 5.61. The van der Waals surface area contributed by atoms with Crippen molar-refractivity contribution in [2.45, 2.75) is 23.7 Å². The van der Waals surface area contributed by atoms with E-state index in [1.165, 1.54) is 23.5 Å². The molecule has 12 heteroatoms. The molecule has 0 fully saturated rings. The van der Waals surface area contributed by atoms with Crippen molar-refractivity contribution < 1.29 is 19.0 Å². The molecule has 3 aromatic heterocycles. The van der Waals surface area contributed by atoms with Gasteiger partial charge in [-0.2, -0.15) is 0 Å². The van der Waals surface area contributed by atoms with Gasteiger partial charge in [0.15, 0.2) is 10.3 Å². The van der Waals surface area contributed by atoms with E-state index in [0.717, 1.165) is 13.0 Å². The van der Waals surface area contributed by atoms with Gasteiger partial charge in [-0.15, -0.1) is 0 Å². The van der Waals surface area contributed by atoms with Gasteiger partial charge in [0, 0.05) is 54.6 Å². The molecule has 0 aromatic carbocycles. The first kappa shape index (κ1) is 28.9. The minimum atomic E-state index is -0.235. The molecule has 0 aliphatic rings. The van der Waals surface area contributed by atoms with Gasteiger partial charge >= 0.3 is 0 Å². The minimum Gasteiger partial charge on any atom is -0.379 e. The molecule has 3 heterocycles. The average Bonchev–Trinajstić information content (AvgIpc) is 2.95. The largest absolute Gasteiger partial charge is 0.379 e. The molecule has 1 N–H and O–H groups in total. The van der Waals surface area contributed by atoms with Crippen LogP contribution in [-0.4, -0.2) is 89.5 Å². The number of amides is 1. The zero-order valence-electron chi connectivity index (χ0n) is 21.3. The number of rotatable bonds is 16. The van der Waals surface area contributed by atoms with Gasteiger partial charge in [-0.1, -0.05) is 30.4 Å². The number of hydrogen-bond donors (Lipinski definition) is 1. The second kappa shape index (κ2) is 16.3. The van der Waals surface area contributed by atoms with Crippen LogP contribution in [0.25, 0.3) is 22.5 Å². The lowest BCUT2D eigenvalue weighted by atomic mass is 10.1. The molecule has 0 radical (unpaired) electrons. The predicted molar refractivity (Wildman–Crippen MR) is 145 cm³/mol. The van der Waals surface area contributed by atoms with Crippen molar-refractivity contribution >= 4 is 29.4 Å². The van der Waals surface area contributed by atoms with E-state index in [4.69, 9.17) is 19.2 Å². The topological polar surface area (TPSA) is 121 Å². The Hall–Kier alpha value is -2.64. The highest BCUT2D eigenvalue weighted by Crippen LogP contribution is 2.25. The van der Waals surface area contributed by atoms with Crippen LogP contribution in [-0.2, 0) is 14.2 Å². The number of aromatic nitrogens is 5. The van der Waals surface area contributed by atoms with Crippen molar-refractivity contribution in [1.29, 1.82) is 0 Å². The molecule has 0 bridgehead atoms. The van der Waals surface area contributed by atoms with Crippen LogP contribution in [0.15, 0.2) is 47.2 Å². The SMILES string of the molecule is CCCOCCOCCOCCNC(=O)c1cc(-c2cnc(SC)nc2)nc(-c2cnc(SC)nc2)c1. The summed E-state index contributed by atoms with van der Waals surface area (Å²) in [5.74, 6) is -0.235. The number of hydrogen-bond acceptors (Lipinski definition) is 11. The van der Waals surface area contributed by atoms with Crippen molar-refractivity contribution in [3.63, 3.8) is 0 Å². The van der Waals surface area contributed by atoms with Gasteiger partial charge in [0.05, 0.1) is 44.4 Å². The second-order valence-electron chi connectivity index (χ2n) is 7.64. The average molecular weight is 545 g/mol. The minimum absolute atomic E-state index is 0.235. The predicted octanol–water partition coefficient (Wildman–Crippen LogP) is 3.63. The highest BCUT2D eigenvalue weighted by Gasteiger charge is 2.14. The van der Waals surface area contributed by atoms with Crippen LogP contribution in [0.2, 0.25) is 0 Å². The Morgan fingerprint density at radius 3 is 1.68 bits per heavy atom. The molecule has 0 aliphatic heterocycles. The van der Waals surface area contributed by atoms with Crippen LogP contribution in [0.3, 0.4) is 0 Å². The van der Waals surface area contributed by atoms with Crippen LogP contribution in [0, 0.1) is 0 Å². The maximum Gasteiger partial charge on any atom is 0.251 e. The third-order valence-corrected chi connectivity index (χ3v) is 6.08. The molecule has 1 amide bonds. The fourth-order valence-corrected chi connectivity index (χ4v) is 3.72. The van der Waals surface area contributed by atoms with Gasteiger partial charge in [0.2, 0.25) is 0 Å². The highest BCUT2D eigenvalue weighted by atomic mass is 32.2. The van der Waals surface area contributed by atoms with E-state index in [2.05, 4.69) is 32.2 Å². The number of nitrogens with one attached hydrogen (secondary N) is 1. The van der Waals surface area contributed by atoms with Crippen molar-refractivity contribution in [1.82, 2.24) is 30.2 Å².